The molecular formula is C14H10BrClN2S. The third-order valence-corrected chi connectivity index (χ3v) is 4.50. The van der Waals surface area contributed by atoms with Gasteiger partial charge in [0, 0.05) is 10.2 Å². The van der Waals surface area contributed by atoms with Crippen LogP contribution >= 0.6 is 39.7 Å². The topological polar surface area (TPSA) is 20.7 Å². The Kier molecular flexibility index (Phi) is 3.25. The second-order valence-electron chi connectivity index (χ2n) is 4.38. The van der Waals surface area contributed by atoms with E-state index in [2.05, 4.69) is 40.0 Å². The lowest BCUT2D eigenvalue weighted by Gasteiger charge is -2.06. The SMILES string of the molecule is Cc1ccc2[nH]c(=S)n(-c3ccc(Cl)c(Br)c3)c2c1. The van der Waals surface area contributed by atoms with Crippen LogP contribution < -0.4 is 0 Å². The summed E-state index contributed by atoms with van der Waals surface area (Å²) < 4.78 is 3.55. The maximum Gasteiger partial charge on any atom is 0.182 e. The molecule has 0 saturated carbocycles. The van der Waals surface area contributed by atoms with Crippen LogP contribution in [0.3, 0.4) is 0 Å². The van der Waals surface area contributed by atoms with Crippen LogP contribution in [0.25, 0.3) is 16.7 Å². The number of benzene rings is 2. The van der Waals surface area contributed by atoms with Crippen molar-refractivity contribution in [3.8, 4) is 5.69 Å². The Morgan fingerprint density at radius 3 is 2.74 bits per heavy atom. The molecule has 96 valence electrons. The van der Waals surface area contributed by atoms with Crippen molar-refractivity contribution in [1.82, 2.24) is 9.55 Å². The number of H-pyrrole nitrogens is 1. The predicted molar refractivity (Wildman–Crippen MR) is 85.9 cm³/mol. The molecule has 0 unspecified atom stereocenters. The van der Waals surface area contributed by atoms with Gasteiger partial charge in [0.25, 0.3) is 0 Å². The quantitative estimate of drug-likeness (QED) is 0.580. The van der Waals surface area contributed by atoms with Crippen LogP contribution in [0.5, 0.6) is 0 Å². The van der Waals surface area contributed by atoms with Crippen molar-refractivity contribution in [3.63, 3.8) is 0 Å². The first-order valence-electron chi connectivity index (χ1n) is 5.73. The molecule has 3 aromatic rings. The van der Waals surface area contributed by atoms with Crippen LogP contribution in [-0.4, -0.2) is 9.55 Å². The van der Waals surface area contributed by atoms with Crippen molar-refractivity contribution in [1.29, 1.82) is 0 Å². The molecule has 5 heteroatoms. The van der Waals surface area contributed by atoms with Gasteiger partial charge in [-0.15, -0.1) is 0 Å². The molecular weight excluding hydrogens is 344 g/mol. The highest BCUT2D eigenvalue weighted by Crippen LogP contribution is 2.27. The molecule has 1 heterocycles. The summed E-state index contributed by atoms with van der Waals surface area (Å²) in [5.74, 6) is 0. The molecule has 0 radical (unpaired) electrons. The summed E-state index contributed by atoms with van der Waals surface area (Å²) in [5, 5.41) is 0.686. The third-order valence-electron chi connectivity index (χ3n) is 3.00. The molecule has 0 amide bonds. The van der Waals surface area contributed by atoms with Crippen molar-refractivity contribution >= 4 is 50.8 Å². The summed E-state index contributed by atoms with van der Waals surface area (Å²) in [7, 11) is 0. The van der Waals surface area contributed by atoms with Gasteiger partial charge in [-0.3, -0.25) is 4.57 Å². The maximum absolute atomic E-state index is 6.04. The van der Waals surface area contributed by atoms with E-state index >= 15 is 0 Å². The van der Waals surface area contributed by atoms with Gasteiger partial charge in [-0.25, -0.2) is 0 Å². The molecule has 19 heavy (non-hydrogen) atoms. The number of hydrogen-bond acceptors (Lipinski definition) is 1. The zero-order valence-electron chi connectivity index (χ0n) is 10.1. The van der Waals surface area contributed by atoms with Crippen LogP contribution in [0.1, 0.15) is 5.56 Å². The van der Waals surface area contributed by atoms with E-state index < -0.39 is 0 Å². The molecule has 0 aliphatic rings. The molecule has 3 rings (SSSR count). The van der Waals surface area contributed by atoms with E-state index in [1.165, 1.54) is 5.56 Å². The van der Waals surface area contributed by atoms with Crippen molar-refractivity contribution in [2.24, 2.45) is 0 Å². The fourth-order valence-corrected chi connectivity index (χ4v) is 2.89. The van der Waals surface area contributed by atoms with E-state index in [4.69, 9.17) is 23.8 Å². The smallest absolute Gasteiger partial charge is 0.182 e. The molecule has 0 saturated heterocycles. The van der Waals surface area contributed by atoms with Gasteiger partial charge in [-0.05, 0) is 71.0 Å². The standard InChI is InChI=1S/C14H10BrClN2S/c1-8-2-5-12-13(6-8)18(14(19)17-12)9-3-4-11(16)10(15)7-9/h2-7H,1H3,(H,17,19). The van der Waals surface area contributed by atoms with E-state index in [0.717, 1.165) is 21.2 Å². The Morgan fingerprint density at radius 2 is 2.00 bits per heavy atom. The summed E-state index contributed by atoms with van der Waals surface area (Å²) in [6.45, 7) is 2.07. The maximum atomic E-state index is 6.04. The Morgan fingerprint density at radius 1 is 1.21 bits per heavy atom. The summed E-state index contributed by atoms with van der Waals surface area (Å²) in [4.78, 5) is 3.22. The molecule has 0 atom stereocenters. The van der Waals surface area contributed by atoms with Gasteiger partial charge < -0.3 is 4.98 Å². The predicted octanol–water partition coefficient (Wildman–Crippen LogP) is 5.41. The van der Waals surface area contributed by atoms with E-state index in [1.807, 2.05) is 28.8 Å². The molecule has 0 aliphatic carbocycles. The van der Waals surface area contributed by atoms with Crippen molar-refractivity contribution in [3.05, 3.63) is 56.2 Å². The highest BCUT2D eigenvalue weighted by atomic mass is 79.9. The molecule has 0 bridgehead atoms. The van der Waals surface area contributed by atoms with E-state index in [-0.39, 0.29) is 0 Å². The average molecular weight is 354 g/mol. The van der Waals surface area contributed by atoms with E-state index in [9.17, 15) is 0 Å². The van der Waals surface area contributed by atoms with Crippen LogP contribution in [0.15, 0.2) is 40.9 Å². The van der Waals surface area contributed by atoms with Gasteiger partial charge >= 0.3 is 0 Å². The molecule has 1 N–H and O–H groups in total. The van der Waals surface area contributed by atoms with Gasteiger partial charge in [0.1, 0.15) is 0 Å². The first-order valence-corrected chi connectivity index (χ1v) is 7.31. The summed E-state index contributed by atoms with van der Waals surface area (Å²) >= 11 is 14.9. The fraction of sp³-hybridized carbons (Fsp3) is 0.0714. The Hall–Kier alpha value is -1.10. The normalized spacial score (nSPS) is 11.1. The average Bonchev–Trinajstić information content (AvgIpc) is 2.68. The van der Waals surface area contributed by atoms with Crippen molar-refractivity contribution < 1.29 is 0 Å². The van der Waals surface area contributed by atoms with Gasteiger partial charge in [-0.2, -0.15) is 0 Å². The van der Waals surface area contributed by atoms with Crippen molar-refractivity contribution in [2.75, 3.05) is 0 Å². The lowest BCUT2D eigenvalue weighted by atomic mass is 10.2. The first-order chi connectivity index (χ1) is 9.06. The monoisotopic (exact) mass is 352 g/mol. The third kappa shape index (κ3) is 2.24. The molecule has 1 aromatic heterocycles. The fourth-order valence-electron chi connectivity index (χ4n) is 2.09. The summed E-state index contributed by atoms with van der Waals surface area (Å²) in [6, 6.07) is 12.0. The van der Waals surface area contributed by atoms with Crippen LogP contribution in [0.4, 0.5) is 0 Å². The van der Waals surface area contributed by atoms with Gasteiger partial charge in [-0.1, -0.05) is 17.7 Å². The van der Waals surface area contributed by atoms with Gasteiger partial charge in [0.15, 0.2) is 4.77 Å². The second-order valence-corrected chi connectivity index (χ2v) is 6.03. The van der Waals surface area contributed by atoms with Crippen molar-refractivity contribution in [2.45, 2.75) is 6.92 Å². The minimum Gasteiger partial charge on any atom is -0.330 e. The zero-order valence-corrected chi connectivity index (χ0v) is 13.2. The molecule has 2 aromatic carbocycles. The number of halogens is 2. The number of hydrogen-bond donors (Lipinski definition) is 1. The summed E-state index contributed by atoms with van der Waals surface area (Å²) in [5.41, 5.74) is 4.28. The zero-order chi connectivity index (χ0) is 13.6. The van der Waals surface area contributed by atoms with E-state index in [0.29, 0.717) is 9.79 Å². The number of nitrogens with one attached hydrogen (secondary N) is 1. The van der Waals surface area contributed by atoms with Gasteiger partial charge in [0.2, 0.25) is 0 Å². The minimum atomic E-state index is 0.676. The Labute approximate surface area is 129 Å². The molecule has 0 aliphatic heterocycles. The van der Waals surface area contributed by atoms with Crippen LogP contribution in [-0.2, 0) is 0 Å². The Bertz CT molecular complexity index is 835. The highest BCUT2D eigenvalue weighted by molar-refractivity contribution is 9.10. The minimum absolute atomic E-state index is 0.676. The van der Waals surface area contributed by atoms with E-state index in [1.54, 1.807) is 0 Å². The number of imidazole rings is 1. The number of rotatable bonds is 1. The highest BCUT2D eigenvalue weighted by Gasteiger charge is 2.08. The number of aromatic amines is 1. The second kappa shape index (κ2) is 4.78. The van der Waals surface area contributed by atoms with Gasteiger partial charge in [0.05, 0.1) is 16.1 Å². The largest absolute Gasteiger partial charge is 0.330 e. The molecule has 2 nitrogen and oxygen atoms in total. The lowest BCUT2D eigenvalue weighted by Crippen LogP contribution is -1.94. The Balaban J connectivity index is 2.35. The first kappa shape index (κ1) is 12.9. The molecule has 0 fully saturated rings. The van der Waals surface area contributed by atoms with Crippen LogP contribution in [0, 0.1) is 11.7 Å². The number of nitrogens with zero attached hydrogens (tertiary/aromatic N) is 1. The number of fused-ring (bicyclic) bond motifs is 1. The lowest BCUT2D eigenvalue weighted by molar-refractivity contribution is 1.06. The number of aryl methyl sites for hydroxylation is 1. The van der Waals surface area contributed by atoms with Crippen LogP contribution in [0.2, 0.25) is 5.02 Å². The molecule has 0 spiro atoms. The number of aromatic nitrogens is 2. The summed E-state index contributed by atoms with van der Waals surface area (Å²) in [6.07, 6.45) is 0.